The molecule has 5 heteroatoms. The normalized spacial score (nSPS) is 11.7. The number of nitrogens with two attached hydrogens (primary N) is 1. The molecule has 32 heavy (non-hydrogen) atoms. The molecule has 0 aliphatic carbocycles. The monoisotopic (exact) mass is 429 g/mol. The molecule has 2 aromatic carbocycles. The van der Waals surface area contributed by atoms with Crippen LogP contribution < -0.4 is 15.6 Å². The minimum absolute atomic E-state index is 0.715. The van der Waals surface area contributed by atoms with Crippen LogP contribution in [0.1, 0.15) is 44.1 Å². The predicted octanol–water partition coefficient (Wildman–Crippen LogP) is 3.98. The molecule has 0 spiro atoms. The fraction of sp³-hybridized carbons (Fsp3) is 0.296. The summed E-state index contributed by atoms with van der Waals surface area (Å²) in [6, 6.07) is 22.5. The zero-order chi connectivity index (χ0) is 22.3. The number of unbranched alkanes of at least 4 members (excludes halogenated alkanes) is 5. The van der Waals surface area contributed by atoms with E-state index in [0.29, 0.717) is 5.71 Å². The Labute approximate surface area is 191 Å². The van der Waals surface area contributed by atoms with Gasteiger partial charge in [0.1, 0.15) is 12.3 Å². The van der Waals surface area contributed by atoms with Crippen molar-refractivity contribution in [3.8, 4) is 16.9 Å². The van der Waals surface area contributed by atoms with E-state index in [2.05, 4.69) is 57.5 Å². The van der Waals surface area contributed by atoms with Gasteiger partial charge in [0.15, 0.2) is 11.9 Å². The highest BCUT2D eigenvalue weighted by molar-refractivity contribution is 6.36. The molecule has 3 N–H and O–H groups in total. The lowest BCUT2D eigenvalue weighted by Gasteiger charge is -2.11. The fourth-order valence-corrected chi connectivity index (χ4v) is 3.55. The maximum atomic E-state index is 6.08. The van der Waals surface area contributed by atoms with Gasteiger partial charge in [0, 0.05) is 29.9 Å². The Balaban J connectivity index is 1.26. The molecule has 3 rings (SSSR count). The third-order valence-electron chi connectivity index (χ3n) is 5.28. The third-order valence-corrected chi connectivity index (χ3v) is 5.28. The summed E-state index contributed by atoms with van der Waals surface area (Å²) in [5, 5.41) is 3.83. The zero-order valence-electron chi connectivity index (χ0n) is 18.6. The number of nitrogens with one attached hydrogen (secondary N) is 1. The first kappa shape index (κ1) is 23.2. The van der Waals surface area contributed by atoms with Gasteiger partial charge in [-0.2, -0.15) is 5.10 Å². The highest BCUT2D eigenvalue weighted by atomic mass is 16.5. The van der Waals surface area contributed by atoms with E-state index in [9.17, 15) is 0 Å². The summed E-state index contributed by atoms with van der Waals surface area (Å²) in [4.78, 5) is 7.39. The lowest BCUT2D eigenvalue weighted by atomic mass is 10.0. The van der Waals surface area contributed by atoms with E-state index in [0.717, 1.165) is 42.9 Å². The molecule has 1 aromatic heterocycles. The number of hydrogen-bond donors (Lipinski definition) is 2. The first-order valence-corrected chi connectivity index (χ1v) is 11.4. The summed E-state index contributed by atoms with van der Waals surface area (Å²) in [7, 11) is 0. The van der Waals surface area contributed by atoms with Gasteiger partial charge in [-0.15, -0.1) is 0 Å². The van der Waals surface area contributed by atoms with Gasteiger partial charge in [-0.1, -0.05) is 67.8 Å². The SMILES string of the molecule is NN=C(C=[NH+]CCCCCCCCOc1ccccc1-c1ccccc1)c1cccnc1. The van der Waals surface area contributed by atoms with E-state index in [4.69, 9.17) is 10.6 Å². The number of ether oxygens (including phenoxy) is 1. The van der Waals surface area contributed by atoms with Crippen LogP contribution in [0.15, 0.2) is 84.2 Å². The molecule has 0 unspecified atom stereocenters. The summed E-state index contributed by atoms with van der Waals surface area (Å²) in [6.45, 7) is 1.68. The molecule has 0 amide bonds. The second-order valence-corrected chi connectivity index (χ2v) is 7.69. The topological polar surface area (TPSA) is 74.5 Å². The molecule has 3 aromatic rings. The number of hydrazone groups is 1. The number of para-hydroxylation sites is 1. The minimum atomic E-state index is 0.715. The smallest absolute Gasteiger partial charge is 0.190 e. The molecule has 0 atom stereocenters. The Morgan fingerprint density at radius 2 is 1.62 bits per heavy atom. The minimum Gasteiger partial charge on any atom is -0.493 e. The highest BCUT2D eigenvalue weighted by Gasteiger charge is 2.05. The van der Waals surface area contributed by atoms with Gasteiger partial charge < -0.3 is 10.6 Å². The van der Waals surface area contributed by atoms with Crippen LogP contribution in [0.5, 0.6) is 5.75 Å². The molecule has 0 radical (unpaired) electrons. The molecule has 0 aliphatic heterocycles. The predicted molar refractivity (Wildman–Crippen MR) is 132 cm³/mol. The van der Waals surface area contributed by atoms with E-state index in [-0.39, 0.29) is 0 Å². The summed E-state index contributed by atoms with van der Waals surface area (Å²) < 4.78 is 6.08. The van der Waals surface area contributed by atoms with Crippen molar-refractivity contribution in [3.05, 3.63) is 84.7 Å². The van der Waals surface area contributed by atoms with Crippen LogP contribution in [-0.2, 0) is 0 Å². The standard InChI is InChI=1S/C27H32N4O/c28-31-26(24-15-12-19-29-21-24)22-30-18-10-3-1-2-4-11-20-32-27-17-9-8-16-25(27)23-13-6-5-7-14-23/h5-9,12-17,19,21-22H,1-4,10-11,18,20,28H2/p+1. The van der Waals surface area contributed by atoms with Gasteiger partial charge in [0.2, 0.25) is 0 Å². The molecule has 0 saturated carbocycles. The first-order valence-electron chi connectivity index (χ1n) is 11.4. The quantitative estimate of drug-likeness (QED) is 0.187. The molecule has 0 fully saturated rings. The molecule has 0 aliphatic rings. The number of rotatable bonds is 13. The van der Waals surface area contributed by atoms with Crippen LogP contribution in [0.25, 0.3) is 11.1 Å². The van der Waals surface area contributed by atoms with Crippen LogP contribution in [0, 0.1) is 0 Å². The van der Waals surface area contributed by atoms with Crippen LogP contribution in [0.3, 0.4) is 0 Å². The Bertz CT molecular complexity index is 971. The number of aromatic nitrogens is 1. The van der Waals surface area contributed by atoms with Crippen molar-refractivity contribution < 1.29 is 9.73 Å². The van der Waals surface area contributed by atoms with E-state index in [1.807, 2.05) is 30.5 Å². The Morgan fingerprint density at radius 3 is 2.41 bits per heavy atom. The Kier molecular flexibility index (Phi) is 9.97. The van der Waals surface area contributed by atoms with Crippen molar-refractivity contribution >= 4 is 11.9 Å². The second-order valence-electron chi connectivity index (χ2n) is 7.69. The summed E-state index contributed by atoms with van der Waals surface area (Å²) in [5.41, 5.74) is 3.98. The van der Waals surface area contributed by atoms with E-state index in [1.54, 1.807) is 12.4 Å². The first-order chi connectivity index (χ1) is 15.9. The lowest BCUT2D eigenvalue weighted by Crippen LogP contribution is -2.70. The van der Waals surface area contributed by atoms with Gasteiger partial charge in [-0.3, -0.25) is 4.98 Å². The third kappa shape index (κ3) is 7.65. The maximum Gasteiger partial charge on any atom is 0.190 e. The molecule has 0 saturated heterocycles. The van der Waals surface area contributed by atoms with Gasteiger partial charge in [-0.25, -0.2) is 4.99 Å². The molecule has 1 heterocycles. The van der Waals surface area contributed by atoms with Crippen LogP contribution in [0.4, 0.5) is 0 Å². The molecular weight excluding hydrogens is 396 g/mol. The van der Waals surface area contributed by atoms with E-state index in [1.165, 1.54) is 31.2 Å². The summed E-state index contributed by atoms with van der Waals surface area (Å²) in [6.07, 6.45) is 12.4. The number of pyridine rings is 1. The van der Waals surface area contributed by atoms with Crippen molar-refractivity contribution in [1.29, 1.82) is 0 Å². The zero-order valence-corrected chi connectivity index (χ0v) is 18.6. The van der Waals surface area contributed by atoms with Gasteiger partial charge >= 0.3 is 0 Å². The van der Waals surface area contributed by atoms with Crippen LogP contribution in [-0.4, -0.2) is 30.1 Å². The largest absolute Gasteiger partial charge is 0.493 e. The van der Waals surface area contributed by atoms with Gasteiger partial charge in [0.25, 0.3) is 0 Å². The van der Waals surface area contributed by atoms with Crippen molar-refractivity contribution in [2.75, 3.05) is 13.2 Å². The van der Waals surface area contributed by atoms with E-state index < -0.39 is 0 Å². The van der Waals surface area contributed by atoms with Crippen LogP contribution >= 0.6 is 0 Å². The average molecular weight is 430 g/mol. The van der Waals surface area contributed by atoms with Gasteiger partial charge in [-0.05, 0) is 36.6 Å². The van der Waals surface area contributed by atoms with Crippen molar-refractivity contribution in [3.63, 3.8) is 0 Å². The fourth-order valence-electron chi connectivity index (χ4n) is 3.55. The van der Waals surface area contributed by atoms with Crippen molar-refractivity contribution in [1.82, 2.24) is 4.98 Å². The maximum absolute atomic E-state index is 6.08. The lowest BCUT2D eigenvalue weighted by molar-refractivity contribution is -0.450. The molecule has 0 bridgehead atoms. The summed E-state index contributed by atoms with van der Waals surface area (Å²) in [5.74, 6) is 6.44. The van der Waals surface area contributed by atoms with Gasteiger partial charge in [0.05, 0.1) is 6.61 Å². The second kappa shape index (κ2) is 13.8. The van der Waals surface area contributed by atoms with Crippen molar-refractivity contribution in [2.24, 2.45) is 10.9 Å². The highest BCUT2D eigenvalue weighted by Crippen LogP contribution is 2.29. The number of nitrogens with zero attached hydrogens (tertiary/aromatic N) is 2. The average Bonchev–Trinajstić information content (AvgIpc) is 2.86. The van der Waals surface area contributed by atoms with E-state index >= 15 is 0 Å². The number of benzene rings is 2. The molecule has 166 valence electrons. The number of hydrogen-bond acceptors (Lipinski definition) is 4. The summed E-state index contributed by atoms with van der Waals surface area (Å²) >= 11 is 0. The molecule has 5 nitrogen and oxygen atoms in total. The molecular formula is C27H33N4O+. The van der Waals surface area contributed by atoms with Crippen molar-refractivity contribution in [2.45, 2.75) is 38.5 Å². The Hall–Kier alpha value is -3.47. The Morgan fingerprint density at radius 1 is 0.875 bits per heavy atom. The van der Waals surface area contributed by atoms with Crippen LogP contribution in [0.2, 0.25) is 0 Å².